The number of aliphatic imine (C=N–C) groups is 1. The number of hydrogen-bond donors (Lipinski definition) is 2. The Morgan fingerprint density at radius 2 is 2.18 bits per heavy atom. The normalized spacial score (nSPS) is 22.2. The van der Waals surface area contributed by atoms with Crippen molar-refractivity contribution in [1.82, 2.24) is 19.9 Å². The predicted octanol–water partition coefficient (Wildman–Crippen LogP) is 4.02. The van der Waals surface area contributed by atoms with Gasteiger partial charge in [-0.25, -0.2) is 4.98 Å². The van der Waals surface area contributed by atoms with Gasteiger partial charge >= 0.3 is 0 Å². The minimum absolute atomic E-state index is 0.0707. The van der Waals surface area contributed by atoms with Crippen molar-refractivity contribution in [2.75, 3.05) is 26.7 Å². The first-order chi connectivity index (χ1) is 15.5. The maximum absolute atomic E-state index is 14.4. The molecular formula is C24H36FN5O2S. The first-order valence-corrected chi connectivity index (χ1v) is 12.2. The van der Waals surface area contributed by atoms with E-state index in [4.69, 9.17) is 4.74 Å². The van der Waals surface area contributed by atoms with Crippen LogP contribution in [0.4, 0.5) is 4.39 Å². The maximum Gasteiger partial charge on any atom is 0.266 e. The molecule has 1 amide bonds. The van der Waals surface area contributed by atoms with Gasteiger partial charge in [0.15, 0.2) is 0 Å². The molecule has 7 nitrogen and oxygen atoms in total. The van der Waals surface area contributed by atoms with Gasteiger partial charge < -0.3 is 10.1 Å². The van der Waals surface area contributed by atoms with Crippen LogP contribution in [0.1, 0.15) is 69.9 Å². The van der Waals surface area contributed by atoms with Gasteiger partial charge in [-0.1, -0.05) is 26.8 Å². The summed E-state index contributed by atoms with van der Waals surface area (Å²) in [5.41, 5.74) is 0.427. The second-order valence-electron chi connectivity index (χ2n) is 10.3. The van der Waals surface area contributed by atoms with E-state index in [1.54, 1.807) is 6.07 Å². The van der Waals surface area contributed by atoms with Crippen LogP contribution in [0.25, 0.3) is 0 Å². The molecule has 0 bridgehead atoms. The Morgan fingerprint density at radius 1 is 1.42 bits per heavy atom. The highest BCUT2D eigenvalue weighted by Gasteiger charge is 2.36. The summed E-state index contributed by atoms with van der Waals surface area (Å²) in [4.78, 5) is 23.3. The quantitative estimate of drug-likeness (QED) is 0.351. The first kappa shape index (κ1) is 25.6. The summed E-state index contributed by atoms with van der Waals surface area (Å²) in [6.07, 6.45) is 4.90. The number of amidine groups is 1. The Kier molecular flexibility index (Phi) is 8.18. The summed E-state index contributed by atoms with van der Waals surface area (Å²) in [6, 6.07) is 3.18. The number of halogens is 1. The molecule has 2 aliphatic rings. The number of carbonyl (C=O) groups excluding carboxylic acids is 1. The SMILES string of the molecule is CN1CC(OCCN=C2CCC=C(SNC(=O)c3ccc(C(C)(C)C)nc3F)N2)CC1(C)C. The molecule has 0 aliphatic carbocycles. The van der Waals surface area contributed by atoms with Crippen molar-refractivity contribution < 1.29 is 13.9 Å². The monoisotopic (exact) mass is 477 g/mol. The van der Waals surface area contributed by atoms with Gasteiger partial charge in [0.05, 0.1) is 29.8 Å². The van der Waals surface area contributed by atoms with E-state index in [-0.39, 0.29) is 22.6 Å². The van der Waals surface area contributed by atoms with Crippen LogP contribution in [-0.4, -0.2) is 60.0 Å². The van der Waals surface area contributed by atoms with Crippen LogP contribution in [0, 0.1) is 5.95 Å². The van der Waals surface area contributed by atoms with Crippen molar-refractivity contribution in [2.45, 2.75) is 70.9 Å². The third-order valence-electron chi connectivity index (χ3n) is 6.08. The van der Waals surface area contributed by atoms with Crippen LogP contribution < -0.4 is 10.0 Å². The molecule has 182 valence electrons. The number of pyridine rings is 1. The molecule has 1 aromatic heterocycles. The molecule has 0 saturated carbocycles. The van der Waals surface area contributed by atoms with E-state index >= 15 is 0 Å². The van der Waals surface area contributed by atoms with Gasteiger partial charge in [-0.2, -0.15) is 4.39 Å². The number of likely N-dealkylation sites (tertiary alicyclic amines) is 1. The van der Waals surface area contributed by atoms with E-state index in [9.17, 15) is 9.18 Å². The lowest BCUT2D eigenvalue weighted by atomic mass is 9.91. The van der Waals surface area contributed by atoms with Gasteiger partial charge in [0.1, 0.15) is 5.84 Å². The molecule has 1 saturated heterocycles. The lowest BCUT2D eigenvalue weighted by Gasteiger charge is -2.26. The zero-order chi connectivity index (χ0) is 24.2. The smallest absolute Gasteiger partial charge is 0.266 e. The number of amides is 1. The minimum atomic E-state index is -0.759. The van der Waals surface area contributed by atoms with Crippen molar-refractivity contribution in [2.24, 2.45) is 4.99 Å². The molecule has 0 aromatic carbocycles. The van der Waals surface area contributed by atoms with E-state index < -0.39 is 11.9 Å². The highest BCUT2D eigenvalue weighted by molar-refractivity contribution is 8.01. The second kappa shape index (κ2) is 10.5. The second-order valence-corrected chi connectivity index (χ2v) is 11.1. The number of likely N-dealkylation sites (N-methyl/N-ethyl adjacent to an activating group) is 1. The van der Waals surface area contributed by atoms with Crippen LogP contribution >= 0.6 is 11.9 Å². The van der Waals surface area contributed by atoms with Gasteiger partial charge in [0, 0.05) is 41.6 Å². The molecule has 1 aromatic rings. The summed E-state index contributed by atoms with van der Waals surface area (Å²) in [5.74, 6) is -0.413. The topological polar surface area (TPSA) is 78.8 Å². The van der Waals surface area contributed by atoms with E-state index in [1.807, 2.05) is 26.8 Å². The fourth-order valence-corrected chi connectivity index (χ4v) is 4.48. The van der Waals surface area contributed by atoms with E-state index in [2.05, 4.69) is 45.8 Å². The standard InChI is InChI=1S/C24H36FN5O2S/c1-23(2,3)18-11-10-17(21(25)27-18)22(31)29-33-20-9-7-8-19(28-20)26-12-13-32-16-14-24(4,5)30(6)15-16/h9-11,16H,7-8,12-15H2,1-6H3,(H,26,28)(H,29,31). The largest absolute Gasteiger partial charge is 0.375 e. The van der Waals surface area contributed by atoms with Crippen LogP contribution in [0.3, 0.4) is 0 Å². The molecule has 2 aliphatic heterocycles. The Labute approximate surface area is 200 Å². The first-order valence-electron chi connectivity index (χ1n) is 11.4. The summed E-state index contributed by atoms with van der Waals surface area (Å²) < 4.78 is 23.0. The zero-order valence-corrected chi connectivity index (χ0v) is 21.3. The summed E-state index contributed by atoms with van der Waals surface area (Å²) >= 11 is 1.12. The van der Waals surface area contributed by atoms with E-state index in [0.29, 0.717) is 18.8 Å². The highest BCUT2D eigenvalue weighted by Crippen LogP contribution is 2.28. The molecule has 33 heavy (non-hydrogen) atoms. The number of nitrogens with zero attached hydrogens (tertiary/aromatic N) is 3. The highest BCUT2D eigenvalue weighted by atomic mass is 32.2. The summed E-state index contributed by atoms with van der Waals surface area (Å²) in [6.45, 7) is 12.4. The van der Waals surface area contributed by atoms with Crippen LogP contribution in [0.5, 0.6) is 0 Å². The Bertz CT molecular complexity index is 926. The maximum atomic E-state index is 14.4. The Morgan fingerprint density at radius 3 is 2.82 bits per heavy atom. The van der Waals surface area contributed by atoms with Gasteiger partial charge in [-0.15, -0.1) is 0 Å². The lowest BCUT2D eigenvalue weighted by Crippen LogP contribution is -2.34. The van der Waals surface area contributed by atoms with Crippen molar-refractivity contribution in [3.8, 4) is 0 Å². The lowest BCUT2D eigenvalue weighted by molar-refractivity contribution is 0.0662. The van der Waals surface area contributed by atoms with Crippen molar-refractivity contribution in [3.05, 3.63) is 40.4 Å². The van der Waals surface area contributed by atoms with Crippen molar-refractivity contribution in [1.29, 1.82) is 0 Å². The number of ether oxygens (including phenoxy) is 1. The number of hydrogen-bond acceptors (Lipinski definition) is 6. The molecule has 3 rings (SSSR count). The fraction of sp³-hybridized carbons (Fsp3) is 0.625. The number of aromatic nitrogens is 1. The van der Waals surface area contributed by atoms with E-state index in [1.165, 1.54) is 6.07 Å². The number of nitrogens with one attached hydrogen (secondary N) is 2. The van der Waals surface area contributed by atoms with Crippen LogP contribution in [-0.2, 0) is 10.2 Å². The molecule has 2 N–H and O–H groups in total. The van der Waals surface area contributed by atoms with Gasteiger partial charge in [-0.3, -0.25) is 19.4 Å². The number of rotatable bonds is 7. The van der Waals surface area contributed by atoms with Gasteiger partial charge in [0.25, 0.3) is 5.91 Å². The average molecular weight is 478 g/mol. The summed E-state index contributed by atoms with van der Waals surface area (Å²) in [7, 11) is 2.13. The van der Waals surface area contributed by atoms with Gasteiger partial charge in [0.2, 0.25) is 5.95 Å². The minimum Gasteiger partial charge on any atom is -0.375 e. The van der Waals surface area contributed by atoms with E-state index in [0.717, 1.165) is 48.6 Å². The molecule has 0 spiro atoms. The third-order valence-corrected chi connectivity index (χ3v) is 6.86. The molecule has 9 heteroatoms. The Hall–Kier alpha value is -1.97. The van der Waals surface area contributed by atoms with Crippen LogP contribution in [0.15, 0.2) is 28.2 Å². The molecule has 1 fully saturated rings. The zero-order valence-electron chi connectivity index (χ0n) is 20.5. The molecule has 1 unspecified atom stereocenters. The Balaban J connectivity index is 1.44. The fourth-order valence-electron chi connectivity index (χ4n) is 3.80. The number of allylic oxidation sites excluding steroid dienone is 1. The molecular weight excluding hydrogens is 441 g/mol. The molecule has 1 atom stereocenters. The average Bonchev–Trinajstić information content (AvgIpc) is 3.00. The molecule has 3 heterocycles. The van der Waals surface area contributed by atoms with Crippen molar-refractivity contribution in [3.63, 3.8) is 0 Å². The van der Waals surface area contributed by atoms with Gasteiger partial charge in [-0.05, 0) is 45.9 Å². The van der Waals surface area contributed by atoms with Crippen LogP contribution in [0.2, 0.25) is 0 Å². The third kappa shape index (κ3) is 7.01. The summed E-state index contributed by atoms with van der Waals surface area (Å²) in [5, 5.41) is 4.01. The molecule has 0 radical (unpaired) electrons. The number of carbonyl (C=O) groups is 1. The predicted molar refractivity (Wildman–Crippen MR) is 132 cm³/mol. The van der Waals surface area contributed by atoms with Crippen molar-refractivity contribution >= 4 is 23.7 Å².